The van der Waals surface area contributed by atoms with Gasteiger partial charge in [-0.2, -0.15) is 0 Å². The molecule has 0 aliphatic heterocycles. The zero-order chi connectivity index (χ0) is 35.6. The Kier molecular flexibility index (Phi) is 7.34. The number of nitrogens with zero attached hydrogens (tertiary/aromatic N) is 2. The number of rotatable bonds is 6. The summed E-state index contributed by atoms with van der Waals surface area (Å²) >= 11 is 0. The summed E-state index contributed by atoms with van der Waals surface area (Å²) < 4.78 is 33.5. The minimum Gasteiger partial charge on any atom is -0.309 e. The predicted molar refractivity (Wildman–Crippen MR) is 224 cm³/mol. The molecule has 0 fully saturated rings. The Morgan fingerprint density at radius 1 is 0.377 bits per heavy atom. The van der Waals surface area contributed by atoms with Crippen molar-refractivity contribution >= 4 is 95.2 Å². The SMILES string of the molecule is O=P(c1ccccc1)(c1ccccc1)c1ccc2nc3c4c5ccccc5ccc4c4ccc(P(=O)(c5ccccc5)c5ccccc5)cc4n3c2c1. The smallest absolute Gasteiger partial charge is 0.171 e. The van der Waals surface area contributed by atoms with E-state index >= 15 is 9.13 Å². The maximum Gasteiger partial charge on any atom is 0.171 e. The first-order valence-corrected chi connectivity index (χ1v) is 21.1. The summed E-state index contributed by atoms with van der Waals surface area (Å²) in [5, 5.41) is 9.93. The fourth-order valence-electron chi connectivity index (χ4n) is 7.98. The van der Waals surface area contributed by atoms with Crippen molar-refractivity contribution in [3.05, 3.63) is 194 Å². The van der Waals surface area contributed by atoms with Crippen LogP contribution in [0, 0.1) is 0 Å². The Morgan fingerprint density at radius 3 is 1.38 bits per heavy atom. The zero-order valence-electron chi connectivity index (χ0n) is 28.6. The van der Waals surface area contributed by atoms with Crippen molar-refractivity contribution in [2.45, 2.75) is 0 Å². The van der Waals surface area contributed by atoms with Gasteiger partial charge in [-0.05, 0) is 40.4 Å². The third kappa shape index (κ3) is 4.80. The van der Waals surface area contributed by atoms with Crippen molar-refractivity contribution in [3.8, 4) is 0 Å². The summed E-state index contributed by atoms with van der Waals surface area (Å²) in [5.41, 5.74) is 3.33. The molecule has 0 saturated heterocycles. The van der Waals surface area contributed by atoms with Gasteiger partial charge in [0, 0.05) is 42.6 Å². The van der Waals surface area contributed by atoms with Crippen LogP contribution in [0.5, 0.6) is 0 Å². The second-order valence-electron chi connectivity index (χ2n) is 13.4. The number of aromatic nitrogens is 2. The molecule has 0 atom stereocenters. The van der Waals surface area contributed by atoms with Gasteiger partial charge in [0.1, 0.15) is 5.65 Å². The molecule has 0 aliphatic rings. The van der Waals surface area contributed by atoms with Crippen LogP contribution < -0.4 is 31.8 Å². The largest absolute Gasteiger partial charge is 0.309 e. The van der Waals surface area contributed by atoms with E-state index in [9.17, 15) is 0 Å². The number of hydrogen-bond donors (Lipinski definition) is 0. The van der Waals surface area contributed by atoms with Gasteiger partial charge >= 0.3 is 0 Å². The molecule has 10 aromatic rings. The van der Waals surface area contributed by atoms with E-state index in [4.69, 9.17) is 4.98 Å². The van der Waals surface area contributed by atoms with Gasteiger partial charge in [0.15, 0.2) is 14.3 Å². The second kappa shape index (κ2) is 12.3. The van der Waals surface area contributed by atoms with E-state index in [1.165, 1.54) is 0 Å². The summed E-state index contributed by atoms with van der Waals surface area (Å²) in [6.45, 7) is 0. The molecule has 6 heteroatoms. The van der Waals surface area contributed by atoms with Crippen LogP contribution in [0.25, 0.3) is 49.1 Å². The quantitative estimate of drug-likeness (QED) is 0.127. The first-order valence-electron chi connectivity index (χ1n) is 17.7. The molecule has 53 heavy (non-hydrogen) atoms. The number of imidazole rings is 1. The van der Waals surface area contributed by atoms with Gasteiger partial charge in [-0.3, -0.25) is 4.40 Å². The Hall–Kier alpha value is -6.05. The Labute approximate surface area is 306 Å². The molecule has 0 aliphatic carbocycles. The first-order chi connectivity index (χ1) is 26.0. The van der Waals surface area contributed by atoms with Gasteiger partial charge in [-0.15, -0.1) is 0 Å². The van der Waals surface area contributed by atoms with Crippen molar-refractivity contribution in [3.63, 3.8) is 0 Å². The van der Waals surface area contributed by atoms with Crippen LogP contribution in [-0.4, -0.2) is 9.38 Å². The van der Waals surface area contributed by atoms with E-state index < -0.39 is 14.3 Å². The van der Waals surface area contributed by atoms with Gasteiger partial charge in [-0.25, -0.2) is 4.98 Å². The van der Waals surface area contributed by atoms with Crippen LogP contribution in [-0.2, 0) is 9.13 Å². The summed E-state index contributed by atoms with van der Waals surface area (Å²) in [6.07, 6.45) is 0. The highest BCUT2D eigenvalue weighted by Crippen LogP contribution is 2.46. The van der Waals surface area contributed by atoms with Gasteiger partial charge in [0.05, 0.1) is 16.6 Å². The first kappa shape index (κ1) is 31.7. The van der Waals surface area contributed by atoms with Gasteiger partial charge in [0.25, 0.3) is 0 Å². The zero-order valence-corrected chi connectivity index (χ0v) is 30.4. The Bertz CT molecular complexity index is 3020. The minimum atomic E-state index is -3.29. The Balaban J connectivity index is 1.35. The van der Waals surface area contributed by atoms with Crippen molar-refractivity contribution in [2.24, 2.45) is 0 Å². The lowest BCUT2D eigenvalue weighted by Gasteiger charge is -2.21. The maximum atomic E-state index is 15.7. The van der Waals surface area contributed by atoms with E-state index in [-0.39, 0.29) is 0 Å². The lowest BCUT2D eigenvalue weighted by molar-refractivity contribution is 0.591. The molecule has 0 saturated carbocycles. The predicted octanol–water partition coefficient (Wildman–Crippen LogP) is 9.23. The molecule has 0 N–H and O–H groups in total. The fraction of sp³-hybridized carbons (Fsp3) is 0. The monoisotopic (exact) mass is 718 g/mol. The molecular formula is C47H32N2O2P2. The minimum absolute atomic E-state index is 0.728. The highest BCUT2D eigenvalue weighted by Gasteiger charge is 2.32. The van der Waals surface area contributed by atoms with Crippen molar-refractivity contribution in [1.82, 2.24) is 9.38 Å². The molecule has 0 spiro atoms. The molecular weight excluding hydrogens is 686 g/mol. The van der Waals surface area contributed by atoms with Gasteiger partial charge in [-0.1, -0.05) is 170 Å². The van der Waals surface area contributed by atoms with Crippen molar-refractivity contribution in [1.29, 1.82) is 0 Å². The average molecular weight is 719 g/mol. The molecule has 2 aromatic heterocycles. The molecule has 0 amide bonds. The molecule has 8 aromatic carbocycles. The third-order valence-corrected chi connectivity index (χ3v) is 16.6. The van der Waals surface area contributed by atoms with E-state index in [1.54, 1.807) is 0 Å². The fourth-order valence-corrected chi connectivity index (χ4v) is 13.3. The summed E-state index contributed by atoms with van der Waals surface area (Å²) in [7, 11) is -6.58. The lowest BCUT2D eigenvalue weighted by Crippen LogP contribution is -2.25. The summed E-state index contributed by atoms with van der Waals surface area (Å²) in [5.74, 6) is 0. The lowest BCUT2D eigenvalue weighted by atomic mass is 9.99. The van der Waals surface area contributed by atoms with E-state index in [1.807, 2.05) is 140 Å². The molecule has 0 radical (unpaired) electrons. The number of fused-ring (bicyclic) bond motifs is 10. The van der Waals surface area contributed by atoms with E-state index in [0.717, 1.165) is 81.0 Å². The third-order valence-electron chi connectivity index (χ3n) is 10.5. The number of pyridine rings is 1. The topological polar surface area (TPSA) is 51.4 Å². The second-order valence-corrected chi connectivity index (χ2v) is 19.0. The van der Waals surface area contributed by atoms with Crippen LogP contribution in [0.1, 0.15) is 0 Å². The van der Waals surface area contributed by atoms with Crippen LogP contribution in [0.3, 0.4) is 0 Å². The maximum absolute atomic E-state index is 15.7. The normalized spacial score (nSPS) is 12.3. The number of benzene rings is 8. The molecule has 0 bridgehead atoms. The average Bonchev–Trinajstić information content (AvgIpc) is 3.63. The van der Waals surface area contributed by atoms with Gasteiger partial charge in [0.2, 0.25) is 0 Å². The van der Waals surface area contributed by atoms with Gasteiger partial charge < -0.3 is 9.13 Å². The van der Waals surface area contributed by atoms with Crippen LogP contribution in [0.2, 0.25) is 0 Å². The summed E-state index contributed by atoms with van der Waals surface area (Å²) in [4.78, 5) is 5.32. The molecule has 4 nitrogen and oxygen atoms in total. The Morgan fingerprint density at radius 2 is 0.830 bits per heavy atom. The van der Waals surface area contributed by atoms with Crippen molar-refractivity contribution < 1.29 is 9.13 Å². The van der Waals surface area contributed by atoms with E-state index in [0.29, 0.717) is 0 Å². The van der Waals surface area contributed by atoms with Crippen LogP contribution in [0.15, 0.2) is 194 Å². The molecule has 0 unspecified atom stereocenters. The molecule has 252 valence electrons. The van der Waals surface area contributed by atoms with E-state index in [2.05, 4.69) is 59.0 Å². The van der Waals surface area contributed by atoms with Crippen molar-refractivity contribution in [2.75, 3.05) is 0 Å². The highest BCUT2D eigenvalue weighted by atomic mass is 31.2. The van der Waals surface area contributed by atoms with Crippen LogP contribution >= 0.6 is 14.3 Å². The summed E-state index contributed by atoms with van der Waals surface area (Å²) in [6, 6.07) is 64.1. The van der Waals surface area contributed by atoms with Crippen LogP contribution in [0.4, 0.5) is 0 Å². The standard InChI is InChI=1S/C47H32N2O2P2/c50-52(34-16-5-1-6-17-34,35-18-7-2-8-19-35)38-26-29-41-42-28-25-33-15-13-14-24-40(33)46(42)47-48-43-30-27-39(32-45(43)49(47)44(41)31-38)53(51,36-20-9-3-10-21-36)37-22-11-4-12-23-37/h1-32H. The molecule has 10 rings (SSSR count). The number of hydrogen-bond acceptors (Lipinski definition) is 3. The molecule has 2 heterocycles. The highest BCUT2D eigenvalue weighted by molar-refractivity contribution is 7.85.